The van der Waals surface area contributed by atoms with Crippen LogP contribution in [-0.2, 0) is 86.2 Å². The van der Waals surface area contributed by atoms with E-state index in [0.717, 1.165) is 36.8 Å². The summed E-state index contributed by atoms with van der Waals surface area (Å²) in [5.74, 6) is -25.1. The lowest BCUT2D eigenvalue weighted by molar-refractivity contribution is -0.168. The fourth-order valence-corrected chi connectivity index (χ4v) is 13.6. The Morgan fingerprint density at radius 3 is 1.78 bits per heavy atom. The lowest BCUT2D eigenvalue weighted by Gasteiger charge is -2.39. The van der Waals surface area contributed by atoms with Gasteiger partial charge in [-0.1, -0.05) is 89.0 Å². The van der Waals surface area contributed by atoms with Crippen molar-refractivity contribution in [3.05, 3.63) is 0 Å². The number of esters is 1. The van der Waals surface area contributed by atoms with E-state index in [0.29, 0.717) is 6.42 Å². The Kier molecular flexibility index (Phi) is 43.6. The van der Waals surface area contributed by atoms with E-state index in [1.54, 1.807) is 34.6 Å². The summed E-state index contributed by atoms with van der Waals surface area (Å²) in [6, 6.07) is -20.1. The van der Waals surface area contributed by atoms with E-state index in [9.17, 15) is 83.1 Å². The number of nitrogens with two attached hydrogens (primary N) is 5. The van der Waals surface area contributed by atoms with Crippen LogP contribution in [0.2, 0.25) is 0 Å². The number of carbonyl (C=O) groups excluding carboxylic acids is 15. The van der Waals surface area contributed by atoms with Crippen molar-refractivity contribution in [2.45, 2.75) is 283 Å². The van der Waals surface area contributed by atoms with E-state index >= 15 is 19.2 Å². The van der Waals surface area contributed by atoms with Gasteiger partial charge >= 0.3 is 11.9 Å². The van der Waals surface area contributed by atoms with Gasteiger partial charge in [0.25, 0.3) is 5.91 Å². The van der Waals surface area contributed by atoms with Crippen LogP contribution in [0.25, 0.3) is 0 Å². The highest BCUT2D eigenvalue weighted by atomic mass is 16.5. The predicted octanol–water partition coefficient (Wildman–Crippen LogP) is -4.73. The second kappa shape index (κ2) is 49.1. The summed E-state index contributed by atoms with van der Waals surface area (Å²) in [6.07, 6.45) is -10.6. The molecular formula is C74H130N16O23. The molecule has 0 aromatic carbocycles. The van der Waals surface area contributed by atoms with E-state index in [1.165, 1.54) is 34.6 Å². The third kappa shape index (κ3) is 31.5. The zero-order valence-electron chi connectivity index (χ0n) is 67.9. The monoisotopic (exact) mass is 1610 g/mol. The van der Waals surface area contributed by atoms with Crippen LogP contribution in [0, 0.1) is 47.3 Å². The van der Waals surface area contributed by atoms with Crippen LogP contribution in [0.15, 0.2) is 0 Å². The van der Waals surface area contributed by atoms with Crippen molar-refractivity contribution in [2.24, 2.45) is 76.0 Å². The maximum absolute atomic E-state index is 15.5. The number of fused-ring (bicyclic) bond motifs is 1. The molecule has 39 nitrogen and oxygen atoms in total. The molecular weight excluding hydrogens is 1480 g/mol. The topological polar surface area (TPSA) is 638 Å². The SMILES string of the molecule is CCC[C@@H](C)C[C@@H](C)[C@@H](O)[C@@H](C)C(=O)N[C@H](CCCN)C(=O)N[C@@H](CCC(N)=O)[C@@H](O)[C@@H](O)C(=O)N[C@H](C(=O)N[C@H]1C(=O)N[C@H](CO)C(=O)N[C@H](CCCN)C(=O)N[C@@H](CC(C)C)C(=O)N(C)[C@@H](CCC(N)=O)C(=O)N[C@@H]([C@@H](C)OC)C(=O)N[C@H](CC(=O)O)C(=O)N2CCCC[C@H]2C(=O)O[C@@H]1[C@H](C)C(C)C)[C@@H](C)[C@@H](C)C(N)=O. The van der Waals surface area contributed by atoms with E-state index in [1.807, 2.05) is 13.8 Å². The zero-order valence-corrected chi connectivity index (χ0v) is 67.9. The third-order valence-electron chi connectivity index (χ3n) is 21.2. The number of aliphatic hydroxyl groups is 4. The van der Waals surface area contributed by atoms with Crippen molar-refractivity contribution in [3.8, 4) is 0 Å². The Morgan fingerprint density at radius 2 is 1.23 bits per heavy atom. The summed E-state index contributed by atoms with van der Waals surface area (Å²) >= 11 is 0. The summed E-state index contributed by atoms with van der Waals surface area (Å²) in [5.41, 5.74) is 28.5. The number of aliphatic hydroxyl groups excluding tert-OH is 4. The smallest absolute Gasteiger partial charge is 0.329 e. The molecule has 24 N–H and O–H groups in total. The Morgan fingerprint density at radius 1 is 0.637 bits per heavy atom. The molecule has 22 atom stereocenters. The number of methoxy groups -OCH3 is 1. The first kappa shape index (κ1) is 100. The first-order valence-corrected chi connectivity index (χ1v) is 39.0. The second-order valence-corrected chi connectivity index (χ2v) is 31.0. The molecule has 113 heavy (non-hydrogen) atoms. The van der Waals surface area contributed by atoms with Gasteiger partial charge in [-0.3, -0.25) is 71.9 Å². The maximum Gasteiger partial charge on any atom is 0.329 e. The normalized spacial score (nSPS) is 24.4. The number of nitrogens with zero attached hydrogens (tertiary/aromatic N) is 2. The molecule has 644 valence electrons. The van der Waals surface area contributed by atoms with Gasteiger partial charge in [0.05, 0.1) is 37.2 Å². The summed E-state index contributed by atoms with van der Waals surface area (Å²) in [6.45, 7) is 17.5. The predicted molar refractivity (Wildman–Crippen MR) is 408 cm³/mol. The van der Waals surface area contributed by atoms with E-state index in [4.69, 9.17) is 38.1 Å². The maximum atomic E-state index is 15.5. The number of carboxylic acid groups (broad SMARTS) is 1. The molecule has 2 heterocycles. The molecule has 0 radical (unpaired) electrons. The van der Waals surface area contributed by atoms with Gasteiger partial charge in [-0.15, -0.1) is 0 Å². The van der Waals surface area contributed by atoms with Crippen LogP contribution >= 0.6 is 0 Å². The molecule has 0 saturated carbocycles. The van der Waals surface area contributed by atoms with Gasteiger partial charge in [0.15, 0.2) is 6.10 Å². The lowest BCUT2D eigenvalue weighted by Crippen LogP contribution is -2.65. The number of primary amides is 3. The van der Waals surface area contributed by atoms with Gasteiger partial charge in [0.1, 0.15) is 72.6 Å². The van der Waals surface area contributed by atoms with Gasteiger partial charge < -0.3 is 121 Å². The molecule has 0 bridgehead atoms. The summed E-state index contributed by atoms with van der Waals surface area (Å²) in [5, 5.41) is 78.4. The number of nitrogens with one attached hydrogen (secondary N) is 9. The van der Waals surface area contributed by atoms with Crippen molar-refractivity contribution in [2.75, 3.05) is 40.4 Å². The quantitative estimate of drug-likeness (QED) is 0.0256. The Hall–Kier alpha value is -8.76. The minimum absolute atomic E-state index is 0.0193. The molecule has 2 rings (SSSR count). The Balaban J connectivity index is 3.11. The second-order valence-electron chi connectivity index (χ2n) is 31.0. The molecule has 39 heteroatoms. The number of carboxylic acids is 1. The zero-order chi connectivity index (χ0) is 86.2. The number of likely N-dealkylation sites (N-methyl/N-ethyl adjacent to an activating group) is 1. The van der Waals surface area contributed by atoms with Crippen LogP contribution in [0.5, 0.6) is 0 Å². The number of cyclic esters (lactones) is 1. The van der Waals surface area contributed by atoms with Crippen molar-refractivity contribution in [1.29, 1.82) is 0 Å². The van der Waals surface area contributed by atoms with E-state index in [-0.39, 0.29) is 82.8 Å². The first-order valence-electron chi connectivity index (χ1n) is 39.0. The van der Waals surface area contributed by atoms with Crippen molar-refractivity contribution < 1.29 is 112 Å². The van der Waals surface area contributed by atoms with Gasteiger partial charge in [-0.25, -0.2) is 4.79 Å². The molecule has 0 unspecified atom stereocenters. The highest BCUT2D eigenvalue weighted by Gasteiger charge is 2.48. The number of aliphatic carboxylic acids is 1. The van der Waals surface area contributed by atoms with Crippen molar-refractivity contribution >= 4 is 94.6 Å². The van der Waals surface area contributed by atoms with Gasteiger partial charge in [0.2, 0.25) is 76.8 Å². The molecule has 0 spiro atoms. The Labute approximate surface area is 660 Å². The van der Waals surface area contributed by atoms with Crippen molar-refractivity contribution in [1.82, 2.24) is 57.7 Å². The molecule has 2 fully saturated rings. The number of carbonyl (C=O) groups is 16. The molecule has 2 aliphatic heterocycles. The third-order valence-corrected chi connectivity index (χ3v) is 21.2. The number of hydrogen-bond acceptors (Lipinski definition) is 24. The van der Waals surface area contributed by atoms with Gasteiger partial charge in [-0.05, 0) is 126 Å². The average molecular weight is 1610 g/mol. The number of rotatable bonds is 40. The highest BCUT2D eigenvalue weighted by Crippen LogP contribution is 2.29. The number of ether oxygens (including phenoxy) is 2. The molecule has 2 saturated heterocycles. The standard InChI is InChI=1S/C74H130N16O23/c1-15-20-37(6)32-38(7)58(96)42(11)63(100)81-45(21-18-28-75)64(101)80-44(24-26-52(77)92)59(97)60(98)71(108)86-55(40(9)41(10)62(79)99)68(105)88-57-61(39(8)36(4)5)113-74(111)51-23-16-17-30-90(51)73(110)48(33-54(94)95)84-69(106)56(43(12)112-14)87-67(104)50(25-27-53(78)93)89(13)72(109)47(31-35(2)3)83-65(102)46(22-19-29-76)82-66(103)49(34-91)85-70(57)107/h35-51,55-61,91,96-98H,15-34,75-76H2,1-14H3,(H2,77,92)(H2,78,93)(H2,79,99)(H,80,101)(H,81,100)(H,82,103)(H,83,102)(H,84,106)(H,85,107)(H,86,108)(H,87,104)(H,88,105)(H,94,95)/t37-,38-,39-,40+,41-,42-,43-,44+,45-,46-,47+,48-,49-,50+,51+,55+,56+,57-,58-,59-,60-,61-/m1/s1. The minimum atomic E-state index is -2.69. The van der Waals surface area contributed by atoms with Crippen LogP contribution in [0.3, 0.4) is 0 Å². The average Bonchev–Trinajstić information content (AvgIpc) is 0.930. The number of hydrogen-bond donors (Lipinski definition) is 19. The van der Waals surface area contributed by atoms with E-state index in [2.05, 4.69) is 47.9 Å². The van der Waals surface area contributed by atoms with Gasteiger partial charge in [-0.2, -0.15) is 0 Å². The molecule has 14 amide bonds. The fourth-order valence-electron chi connectivity index (χ4n) is 13.6. The molecule has 0 aromatic rings. The molecule has 0 aromatic heterocycles. The number of amides is 14. The largest absolute Gasteiger partial charge is 0.481 e. The summed E-state index contributed by atoms with van der Waals surface area (Å²) < 4.78 is 11.8. The molecule has 2 aliphatic rings. The lowest BCUT2D eigenvalue weighted by atomic mass is 9.85. The minimum Gasteiger partial charge on any atom is -0.481 e. The van der Waals surface area contributed by atoms with Crippen LogP contribution < -0.4 is 76.5 Å². The van der Waals surface area contributed by atoms with Crippen LogP contribution in [0.4, 0.5) is 0 Å². The summed E-state index contributed by atoms with van der Waals surface area (Å²) in [7, 11) is 2.31. The molecule has 0 aliphatic carbocycles. The van der Waals surface area contributed by atoms with Crippen LogP contribution in [0.1, 0.15) is 186 Å². The van der Waals surface area contributed by atoms with Crippen molar-refractivity contribution in [3.63, 3.8) is 0 Å². The number of piperidine rings is 1. The first-order chi connectivity index (χ1) is 52.8. The summed E-state index contributed by atoms with van der Waals surface area (Å²) in [4.78, 5) is 230. The van der Waals surface area contributed by atoms with Crippen LogP contribution in [-0.4, -0.2) is 267 Å². The fraction of sp³-hybridized carbons (Fsp3) is 0.784. The Bertz CT molecular complexity index is 3220. The van der Waals surface area contributed by atoms with Gasteiger partial charge in [0, 0.05) is 39.5 Å². The highest BCUT2D eigenvalue weighted by molar-refractivity contribution is 6.00. The van der Waals surface area contributed by atoms with E-state index < -0.39 is 266 Å².